The molecule has 0 saturated heterocycles. The summed E-state index contributed by atoms with van der Waals surface area (Å²) in [6.07, 6.45) is 15.9. The van der Waals surface area contributed by atoms with Gasteiger partial charge in [-0.15, -0.1) is 0 Å². The van der Waals surface area contributed by atoms with E-state index in [9.17, 15) is 0 Å². The van der Waals surface area contributed by atoms with Crippen molar-refractivity contribution in [3.8, 4) is 22.3 Å². The smallest absolute Gasteiger partial charge is 0.0585 e. The van der Waals surface area contributed by atoms with Crippen molar-refractivity contribution in [2.24, 2.45) is 11.8 Å². The van der Waals surface area contributed by atoms with Gasteiger partial charge in [0.05, 0.1) is 6.04 Å². The highest BCUT2D eigenvalue weighted by Crippen LogP contribution is 2.48. The number of hydrogen-bond acceptors (Lipinski definition) is 2. The summed E-state index contributed by atoms with van der Waals surface area (Å²) in [5, 5.41) is 9.80. The minimum atomic E-state index is 0.141. The maximum atomic E-state index is 2.56. The Balaban J connectivity index is 1.33. The third-order valence-corrected chi connectivity index (χ3v) is 12.5. The van der Waals surface area contributed by atoms with Gasteiger partial charge in [-0.05, 0) is 151 Å². The van der Waals surface area contributed by atoms with Crippen LogP contribution < -0.4 is 9.80 Å². The molecular weight excluding hydrogens is 761 g/mol. The number of anilines is 4. The zero-order valence-corrected chi connectivity index (χ0v) is 36.5. The van der Waals surface area contributed by atoms with Gasteiger partial charge in [0.2, 0.25) is 0 Å². The third-order valence-electron chi connectivity index (χ3n) is 12.5. The number of rotatable bonds is 10. The Labute approximate surface area is 372 Å². The summed E-state index contributed by atoms with van der Waals surface area (Å²) in [4.78, 5) is 4.94. The lowest BCUT2D eigenvalue weighted by molar-refractivity contribution is 0.596. The molecule has 63 heavy (non-hydrogen) atoms. The van der Waals surface area contributed by atoms with Gasteiger partial charge in [-0.3, -0.25) is 0 Å². The number of fused-ring (bicyclic) bond motifs is 4. The van der Waals surface area contributed by atoms with Crippen LogP contribution in [0.4, 0.5) is 22.7 Å². The number of allylic oxidation sites excluding steroid dienone is 5. The Morgan fingerprint density at radius 2 is 0.968 bits per heavy atom. The molecule has 306 valence electrons. The second-order valence-electron chi connectivity index (χ2n) is 17.2. The standard InChI is InChI=1S/C61H52N2/c1-5-18-52(37-42(2)3)63(59-28-17-12-19-43(59)4)54-34-36-56-58(41-54)61(49-32-30-45-21-14-16-23-47(45)39-49)55-35-33-53(62(50-24-8-6-9-25-50)51-26-10-7-11-27-51)40-57(55)60(56)48-31-29-44-20-13-15-22-46(44)38-48/h5-43,59H,1-4H3/b18-5-,52-37+. The SMILES string of the molecule is C/C=C\C(=C/C(C)C)N(c1ccc2c(-c3ccc4ccccc4c3)c3cc(N(c4ccccc4)c4ccccc4)ccc3c(-c3ccc4ccccc4c3)c2c1)C1C=CC=CC1C. The highest BCUT2D eigenvalue weighted by molar-refractivity contribution is 6.23. The monoisotopic (exact) mass is 812 g/mol. The number of para-hydroxylation sites is 2. The molecule has 0 N–H and O–H groups in total. The van der Waals surface area contributed by atoms with Gasteiger partial charge >= 0.3 is 0 Å². The van der Waals surface area contributed by atoms with Crippen molar-refractivity contribution < 1.29 is 0 Å². The van der Waals surface area contributed by atoms with E-state index in [1.807, 2.05) is 0 Å². The molecule has 0 heterocycles. The lowest BCUT2D eigenvalue weighted by atomic mass is 9.84. The molecule has 1 aliphatic carbocycles. The van der Waals surface area contributed by atoms with Crippen molar-refractivity contribution in [1.29, 1.82) is 0 Å². The van der Waals surface area contributed by atoms with Gasteiger partial charge < -0.3 is 9.80 Å². The first-order valence-corrected chi connectivity index (χ1v) is 22.4. The van der Waals surface area contributed by atoms with Crippen LogP contribution in [0.15, 0.2) is 230 Å². The Hall–Kier alpha value is -7.42. The highest BCUT2D eigenvalue weighted by Gasteiger charge is 2.27. The maximum Gasteiger partial charge on any atom is 0.0585 e. The summed E-state index contributed by atoms with van der Waals surface area (Å²) in [6.45, 7) is 9.00. The fraction of sp³-hybridized carbons (Fsp3) is 0.115. The normalized spacial score (nSPS) is 15.3. The summed E-state index contributed by atoms with van der Waals surface area (Å²) < 4.78 is 0. The lowest BCUT2D eigenvalue weighted by Crippen LogP contribution is -2.38. The number of hydrogen-bond donors (Lipinski definition) is 0. The third kappa shape index (κ3) is 7.64. The van der Waals surface area contributed by atoms with Crippen molar-refractivity contribution in [2.75, 3.05) is 9.80 Å². The second-order valence-corrected chi connectivity index (χ2v) is 17.2. The minimum Gasteiger partial charge on any atom is -0.334 e. The largest absolute Gasteiger partial charge is 0.334 e. The zero-order valence-electron chi connectivity index (χ0n) is 36.5. The van der Waals surface area contributed by atoms with Gasteiger partial charge in [-0.2, -0.15) is 0 Å². The summed E-state index contributed by atoms with van der Waals surface area (Å²) in [5.41, 5.74) is 10.6. The molecule has 2 unspecified atom stereocenters. The molecule has 2 nitrogen and oxygen atoms in total. The van der Waals surface area contributed by atoms with Crippen molar-refractivity contribution >= 4 is 65.8 Å². The van der Waals surface area contributed by atoms with Crippen molar-refractivity contribution in [3.63, 3.8) is 0 Å². The lowest BCUT2D eigenvalue weighted by Gasteiger charge is -2.37. The van der Waals surface area contributed by atoms with E-state index < -0.39 is 0 Å². The summed E-state index contributed by atoms with van der Waals surface area (Å²) in [7, 11) is 0. The van der Waals surface area contributed by atoms with Crippen molar-refractivity contribution in [1.82, 2.24) is 0 Å². The molecule has 0 fully saturated rings. The van der Waals surface area contributed by atoms with E-state index in [-0.39, 0.29) is 6.04 Å². The molecule has 1 aliphatic rings. The fourth-order valence-corrected chi connectivity index (χ4v) is 9.66. The average Bonchev–Trinajstić information content (AvgIpc) is 3.32. The molecule has 0 aromatic heterocycles. The van der Waals surface area contributed by atoms with Crippen LogP contribution in [-0.2, 0) is 0 Å². The Morgan fingerprint density at radius 3 is 1.49 bits per heavy atom. The first-order valence-electron chi connectivity index (χ1n) is 22.4. The molecule has 9 aromatic rings. The quantitative estimate of drug-likeness (QED) is 0.100. The molecule has 9 aromatic carbocycles. The van der Waals surface area contributed by atoms with E-state index in [1.165, 1.54) is 76.7 Å². The van der Waals surface area contributed by atoms with Crippen LogP contribution >= 0.6 is 0 Å². The van der Waals surface area contributed by atoms with E-state index >= 15 is 0 Å². The first-order chi connectivity index (χ1) is 30.9. The molecule has 2 heteroatoms. The van der Waals surface area contributed by atoms with Crippen LogP contribution in [0.2, 0.25) is 0 Å². The van der Waals surface area contributed by atoms with Gasteiger partial charge in [-0.1, -0.05) is 179 Å². The molecule has 2 atom stereocenters. The molecule has 0 spiro atoms. The predicted molar refractivity (Wildman–Crippen MR) is 273 cm³/mol. The Morgan fingerprint density at radius 1 is 0.476 bits per heavy atom. The van der Waals surface area contributed by atoms with Crippen LogP contribution in [0, 0.1) is 11.8 Å². The molecule has 0 amide bonds. The fourth-order valence-electron chi connectivity index (χ4n) is 9.66. The van der Waals surface area contributed by atoms with Crippen LogP contribution in [0.3, 0.4) is 0 Å². The van der Waals surface area contributed by atoms with E-state index in [2.05, 4.69) is 262 Å². The van der Waals surface area contributed by atoms with E-state index in [0.29, 0.717) is 11.8 Å². The van der Waals surface area contributed by atoms with E-state index in [0.717, 1.165) is 17.1 Å². The van der Waals surface area contributed by atoms with E-state index in [4.69, 9.17) is 0 Å². The Bertz CT molecular complexity index is 3200. The number of nitrogens with zero attached hydrogens (tertiary/aromatic N) is 2. The van der Waals surface area contributed by atoms with E-state index in [1.54, 1.807) is 0 Å². The summed E-state index contributed by atoms with van der Waals surface area (Å²) in [6, 6.07) is 67.4. The molecule has 0 saturated carbocycles. The second kappa shape index (κ2) is 17.2. The minimum absolute atomic E-state index is 0.141. The number of benzene rings is 9. The Kier molecular flexibility index (Phi) is 10.8. The molecule has 10 rings (SSSR count). The predicted octanol–water partition coefficient (Wildman–Crippen LogP) is 17.2. The summed E-state index contributed by atoms with van der Waals surface area (Å²) >= 11 is 0. The van der Waals surface area contributed by atoms with Gasteiger partial charge in [0, 0.05) is 28.4 Å². The van der Waals surface area contributed by atoms with Crippen LogP contribution in [-0.4, -0.2) is 6.04 Å². The highest BCUT2D eigenvalue weighted by atomic mass is 15.2. The molecule has 0 aliphatic heterocycles. The van der Waals surface area contributed by atoms with Gasteiger partial charge in [0.25, 0.3) is 0 Å². The van der Waals surface area contributed by atoms with Crippen LogP contribution in [0.25, 0.3) is 65.3 Å². The molecule has 0 radical (unpaired) electrons. The van der Waals surface area contributed by atoms with Crippen LogP contribution in [0.5, 0.6) is 0 Å². The van der Waals surface area contributed by atoms with Crippen molar-refractivity contribution in [2.45, 2.75) is 33.7 Å². The van der Waals surface area contributed by atoms with Gasteiger partial charge in [-0.25, -0.2) is 0 Å². The first kappa shape index (κ1) is 39.7. The molecular formula is C61H52N2. The van der Waals surface area contributed by atoms with Crippen molar-refractivity contribution in [3.05, 3.63) is 230 Å². The maximum absolute atomic E-state index is 2.56. The zero-order chi connectivity index (χ0) is 42.9. The van der Waals surface area contributed by atoms with Gasteiger partial charge in [0.1, 0.15) is 0 Å². The van der Waals surface area contributed by atoms with Gasteiger partial charge in [0.15, 0.2) is 0 Å². The average molecular weight is 813 g/mol. The summed E-state index contributed by atoms with van der Waals surface area (Å²) in [5.74, 6) is 0.682. The molecule has 0 bridgehead atoms. The topological polar surface area (TPSA) is 6.48 Å². The van der Waals surface area contributed by atoms with Crippen LogP contribution in [0.1, 0.15) is 27.7 Å².